The van der Waals surface area contributed by atoms with Gasteiger partial charge in [-0.1, -0.05) is 15.9 Å². The van der Waals surface area contributed by atoms with Crippen LogP contribution in [0.5, 0.6) is 0 Å². The summed E-state index contributed by atoms with van der Waals surface area (Å²) in [7, 11) is 0. The van der Waals surface area contributed by atoms with E-state index in [1.165, 1.54) is 6.42 Å². The van der Waals surface area contributed by atoms with Gasteiger partial charge in [-0.25, -0.2) is 0 Å². The number of pyridine rings is 1. The first-order valence-corrected chi connectivity index (χ1v) is 7.64. The monoisotopic (exact) mass is 310 g/mol. The zero-order valence-electron chi connectivity index (χ0n) is 10.7. The summed E-state index contributed by atoms with van der Waals surface area (Å²) < 4.78 is 0. The van der Waals surface area contributed by atoms with Crippen LogP contribution in [0.15, 0.2) is 18.3 Å². The second-order valence-electron chi connectivity index (χ2n) is 4.76. The largest absolute Gasteiger partial charge is 0.336 e. The third-order valence-electron chi connectivity index (χ3n) is 3.57. The van der Waals surface area contributed by atoms with Crippen LogP contribution in [-0.4, -0.2) is 33.7 Å². The number of rotatable bonds is 3. The van der Waals surface area contributed by atoms with Crippen LogP contribution in [0.25, 0.3) is 0 Å². The van der Waals surface area contributed by atoms with Crippen LogP contribution in [0.1, 0.15) is 41.7 Å². The summed E-state index contributed by atoms with van der Waals surface area (Å²) in [5.74, 6) is 0.145. The number of halogens is 1. The molecule has 1 aliphatic rings. The number of alkyl halides is 1. The fourth-order valence-electron chi connectivity index (χ4n) is 2.56. The summed E-state index contributed by atoms with van der Waals surface area (Å²) >= 11 is 3.48. The second-order valence-corrected chi connectivity index (χ2v) is 5.56. The molecule has 1 unspecified atom stereocenters. The van der Waals surface area contributed by atoms with Crippen LogP contribution in [0.2, 0.25) is 0 Å². The topological polar surface area (TPSA) is 33.2 Å². The Balaban J connectivity index is 2.18. The van der Waals surface area contributed by atoms with E-state index in [2.05, 4.69) is 20.9 Å². The fourth-order valence-corrected chi connectivity index (χ4v) is 3.09. The van der Waals surface area contributed by atoms with Gasteiger partial charge in [0.2, 0.25) is 0 Å². The number of likely N-dealkylation sites (tertiary alicyclic amines) is 1. The first-order chi connectivity index (χ1) is 8.74. The summed E-state index contributed by atoms with van der Waals surface area (Å²) in [5.41, 5.74) is 1.57. The first-order valence-electron chi connectivity index (χ1n) is 6.52. The first kappa shape index (κ1) is 13.5. The van der Waals surface area contributed by atoms with Gasteiger partial charge < -0.3 is 4.90 Å². The average Bonchev–Trinajstić information content (AvgIpc) is 2.40. The minimum absolute atomic E-state index is 0.145. The molecule has 1 aromatic heterocycles. The number of amides is 1. The van der Waals surface area contributed by atoms with E-state index in [4.69, 9.17) is 0 Å². The molecule has 2 rings (SSSR count). The Morgan fingerprint density at radius 3 is 3.11 bits per heavy atom. The van der Waals surface area contributed by atoms with Gasteiger partial charge in [-0.2, -0.15) is 0 Å². The van der Waals surface area contributed by atoms with Gasteiger partial charge in [0, 0.05) is 29.8 Å². The highest BCUT2D eigenvalue weighted by Gasteiger charge is 2.27. The Labute approximate surface area is 117 Å². The molecule has 2 heterocycles. The minimum atomic E-state index is 0.145. The molecule has 0 N–H and O–H groups in total. The van der Waals surface area contributed by atoms with Crippen molar-refractivity contribution in [1.82, 2.24) is 9.88 Å². The number of carbonyl (C=O) groups excluding carboxylic acids is 1. The van der Waals surface area contributed by atoms with E-state index in [1.807, 2.05) is 24.0 Å². The molecule has 1 amide bonds. The quantitative estimate of drug-likeness (QED) is 0.803. The highest BCUT2D eigenvalue weighted by atomic mass is 79.9. The van der Waals surface area contributed by atoms with Crippen molar-refractivity contribution in [3.05, 3.63) is 29.6 Å². The van der Waals surface area contributed by atoms with E-state index >= 15 is 0 Å². The molecule has 1 aliphatic heterocycles. The van der Waals surface area contributed by atoms with Gasteiger partial charge in [0.15, 0.2) is 0 Å². The standard InChI is InChI=1S/C14H19BrN2O/c1-11-13(6-4-9-16-11)14(18)17-10-3-2-5-12(17)7-8-15/h4,6,9,12H,2-3,5,7-8,10H2,1H3. The van der Waals surface area contributed by atoms with Crippen molar-refractivity contribution in [1.29, 1.82) is 0 Å². The minimum Gasteiger partial charge on any atom is -0.336 e. The Morgan fingerprint density at radius 2 is 2.39 bits per heavy atom. The lowest BCUT2D eigenvalue weighted by Crippen LogP contribution is -2.44. The lowest BCUT2D eigenvalue weighted by atomic mass is 9.98. The molecule has 4 heteroatoms. The number of hydrogen-bond donors (Lipinski definition) is 0. The summed E-state index contributed by atoms with van der Waals surface area (Å²) in [6.07, 6.45) is 6.23. The van der Waals surface area contributed by atoms with E-state index < -0.39 is 0 Å². The highest BCUT2D eigenvalue weighted by Crippen LogP contribution is 2.23. The summed E-state index contributed by atoms with van der Waals surface area (Å²) in [4.78, 5) is 18.8. The fraction of sp³-hybridized carbons (Fsp3) is 0.571. The van der Waals surface area contributed by atoms with Gasteiger partial charge in [-0.05, 0) is 44.7 Å². The van der Waals surface area contributed by atoms with Crippen molar-refractivity contribution in [2.24, 2.45) is 0 Å². The van der Waals surface area contributed by atoms with Gasteiger partial charge >= 0.3 is 0 Å². The molecule has 0 aromatic carbocycles. The van der Waals surface area contributed by atoms with Crippen LogP contribution < -0.4 is 0 Å². The van der Waals surface area contributed by atoms with Crippen molar-refractivity contribution in [2.75, 3.05) is 11.9 Å². The summed E-state index contributed by atoms with van der Waals surface area (Å²) in [5, 5.41) is 0.952. The van der Waals surface area contributed by atoms with Crippen molar-refractivity contribution >= 4 is 21.8 Å². The summed E-state index contributed by atoms with van der Waals surface area (Å²) in [6, 6.07) is 4.10. The third kappa shape index (κ3) is 2.91. The van der Waals surface area contributed by atoms with Crippen LogP contribution in [0.3, 0.4) is 0 Å². The number of nitrogens with zero attached hydrogens (tertiary/aromatic N) is 2. The van der Waals surface area contributed by atoms with Crippen LogP contribution in [0, 0.1) is 6.92 Å². The molecule has 0 spiro atoms. The van der Waals surface area contributed by atoms with Crippen molar-refractivity contribution in [3.63, 3.8) is 0 Å². The van der Waals surface area contributed by atoms with Gasteiger partial charge in [0.05, 0.1) is 5.56 Å². The lowest BCUT2D eigenvalue weighted by molar-refractivity contribution is 0.0608. The molecule has 1 aromatic rings. The van der Waals surface area contributed by atoms with Crippen LogP contribution in [-0.2, 0) is 0 Å². The molecule has 0 aliphatic carbocycles. The van der Waals surface area contributed by atoms with E-state index in [-0.39, 0.29) is 5.91 Å². The van der Waals surface area contributed by atoms with Gasteiger partial charge in [-0.3, -0.25) is 9.78 Å². The predicted octanol–water partition coefficient (Wildman–Crippen LogP) is 3.17. The molecule has 1 atom stereocenters. The summed E-state index contributed by atoms with van der Waals surface area (Å²) in [6.45, 7) is 2.78. The zero-order chi connectivity index (χ0) is 13.0. The SMILES string of the molecule is Cc1ncccc1C(=O)N1CCCCC1CCBr. The number of hydrogen-bond acceptors (Lipinski definition) is 2. The Morgan fingerprint density at radius 1 is 1.56 bits per heavy atom. The molecule has 18 heavy (non-hydrogen) atoms. The lowest BCUT2D eigenvalue weighted by Gasteiger charge is -2.35. The van der Waals surface area contributed by atoms with E-state index in [0.29, 0.717) is 6.04 Å². The number of aromatic nitrogens is 1. The number of piperidine rings is 1. The van der Waals surface area contributed by atoms with Crippen LogP contribution >= 0.6 is 15.9 Å². The maximum absolute atomic E-state index is 12.6. The maximum Gasteiger partial charge on any atom is 0.255 e. The molecular formula is C14H19BrN2O. The van der Waals surface area contributed by atoms with Crippen LogP contribution in [0.4, 0.5) is 0 Å². The third-order valence-corrected chi connectivity index (χ3v) is 4.03. The average molecular weight is 311 g/mol. The van der Waals surface area contributed by atoms with Crippen molar-refractivity contribution in [3.8, 4) is 0 Å². The van der Waals surface area contributed by atoms with Gasteiger partial charge in [0.25, 0.3) is 5.91 Å². The molecule has 0 bridgehead atoms. The van der Waals surface area contributed by atoms with Gasteiger partial charge in [-0.15, -0.1) is 0 Å². The van der Waals surface area contributed by atoms with Gasteiger partial charge in [0.1, 0.15) is 0 Å². The Hall–Kier alpha value is -0.900. The molecule has 1 saturated heterocycles. The Kier molecular flexibility index (Phi) is 4.75. The molecule has 0 saturated carbocycles. The van der Waals surface area contributed by atoms with E-state index in [9.17, 15) is 4.79 Å². The molecule has 3 nitrogen and oxygen atoms in total. The Bertz CT molecular complexity index is 420. The van der Waals surface area contributed by atoms with E-state index in [1.54, 1.807) is 6.20 Å². The molecular weight excluding hydrogens is 292 g/mol. The molecule has 0 radical (unpaired) electrons. The predicted molar refractivity (Wildman–Crippen MR) is 76.1 cm³/mol. The maximum atomic E-state index is 12.6. The van der Waals surface area contributed by atoms with Crippen molar-refractivity contribution in [2.45, 2.75) is 38.6 Å². The highest BCUT2D eigenvalue weighted by molar-refractivity contribution is 9.09. The molecule has 98 valence electrons. The second kappa shape index (κ2) is 6.32. The zero-order valence-corrected chi connectivity index (χ0v) is 12.3. The number of carbonyl (C=O) groups is 1. The number of aryl methyl sites for hydroxylation is 1. The smallest absolute Gasteiger partial charge is 0.255 e. The molecule has 1 fully saturated rings. The van der Waals surface area contributed by atoms with E-state index in [0.717, 1.165) is 42.4 Å². The van der Waals surface area contributed by atoms with Crippen molar-refractivity contribution < 1.29 is 4.79 Å². The normalized spacial score (nSPS) is 19.9.